The van der Waals surface area contributed by atoms with E-state index in [9.17, 15) is 0 Å². The molecule has 2 heterocycles. The Morgan fingerprint density at radius 3 is 3.20 bits per heavy atom. The van der Waals surface area contributed by atoms with Crippen molar-refractivity contribution >= 4 is 27.3 Å². The molecule has 5 heteroatoms. The number of aromatic amines is 1. The number of nitrogens with one attached hydrogen (secondary N) is 1. The zero-order valence-corrected chi connectivity index (χ0v) is 10.6. The molecule has 0 fully saturated rings. The Hall–Kier alpha value is -0.810. The van der Waals surface area contributed by atoms with Crippen LogP contribution in [0.25, 0.3) is 0 Å². The third-order valence-corrected chi connectivity index (χ3v) is 4.19. The minimum atomic E-state index is 0.249. The van der Waals surface area contributed by atoms with Crippen molar-refractivity contribution in [1.29, 1.82) is 0 Å². The molecule has 80 valence electrons. The molecule has 0 aliphatic carbocycles. The molecule has 0 aliphatic rings. The number of hydrogen-bond donors (Lipinski definition) is 1. The minimum Gasteiger partial charge on any atom is -0.496 e. The zero-order chi connectivity index (χ0) is 10.7. The van der Waals surface area contributed by atoms with Gasteiger partial charge in [0, 0.05) is 18.8 Å². The van der Waals surface area contributed by atoms with Gasteiger partial charge in [0.1, 0.15) is 11.6 Å². The first-order chi connectivity index (χ1) is 7.31. The average molecular weight is 287 g/mol. The summed E-state index contributed by atoms with van der Waals surface area (Å²) >= 11 is 5.34. The number of H-pyrrole nitrogens is 1. The van der Waals surface area contributed by atoms with E-state index in [4.69, 9.17) is 4.74 Å². The number of alkyl halides is 1. The molecule has 2 rings (SSSR count). The van der Waals surface area contributed by atoms with E-state index in [1.165, 1.54) is 4.88 Å². The molecule has 2 aromatic heterocycles. The van der Waals surface area contributed by atoms with Gasteiger partial charge in [0.05, 0.1) is 16.8 Å². The van der Waals surface area contributed by atoms with Crippen LogP contribution >= 0.6 is 27.3 Å². The normalized spacial score (nSPS) is 12.7. The van der Waals surface area contributed by atoms with E-state index >= 15 is 0 Å². The lowest BCUT2D eigenvalue weighted by Crippen LogP contribution is -1.97. The molecule has 0 bridgehead atoms. The van der Waals surface area contributed by atoms with Crippen LogP contribution < -0.4 is 4.74 Å². The standard InChI is InChI=1S/C10H11BrN2OS/c1-14-8-2-5-15-10(8)7(11)6-9-12-3-4-13-9/h2-5,7H,6H2,1H3,(H,12,13). The van der Waals surface area contributed by atoms with Gasteiger partial charge in [-0.05, 0) is 11.4 Å². The van der Waals surface area contributed by atoms with Gasteiger partial charge in [0.15, 0.2) is 0 Å². The highest BCUT2D eigenvalue weighted by Crippen LogP contribution is 2.37. The van der Waals surface area contributed by atoms with Crippen molar-refractivity contribution in [3.05, 3.63) is 34.5 Å². The molecule has 0 saturated heterocycles. The van der Waals surface area contributed by atoms with E-state index in [0.717, 1.165) is 18.0 Å². The van der Waals surface area contributed by atoms with Crippen molar-refractivity contribution in [2.75, 3.05) is 7.11 Å². The molecule has 0 radical (unpaired) electrons. The maximum absolute atomic E-state index is 5.28. The van der Waals surface area contributed by atoms with Crippen LogP contribution in [0.3, 0.4) is 0 Å². The third-order valence-electron chi connectivity index (χ3n) is 2.09. The van der Waals surface area contributed by atoms with E-state index in [1.54, 1.807) is 24.6 Å². The van der Waals surface area contributed by atoms with Gasteiger partial charge in [-0.1, -0.05) is 15.9 Å². The Morgan fingerprint density at radius 1 is 1.67 bits per heavy atom. The number of rotatable bonds is 4. The summed E-state index contributed by atoms with van der Waals surface area (Å²) in [4.78, 5) is 8.74. The van der Waals surface area contributed by atoms with E-state index < -0.39 is 0 Å². The highest BCUT2D eigenvalue weighted by atomic mass is 79.9. The fourth-order valence-electron chi connectivity index (χ4n) is 1.38. The van der Waals surface area contributed by atoms with Crippen molar-refractivity contribution in [2.24, 2.45) is 0 Å². The number of hydrogen-bond acceptors (Lipinski definition) is 3. The lowest BCUT2D eigenvalue weighted by atomic mass is 10.2. The minimum absolute atomic E-state index is 0.249. The monoisotopic (exact) mass is 286 g/mol. The number of nitrogens with zero attached hydrogens (tertiary/aromatic N) is 1. The number of ether oxygens (including phenoxy) is 1. The number of methoxy groups -OCH3 is 1. The van der Waals surface area contributed by atoms with Crippen molar-refractivity contribution in [1.82, 2.24) is 9.97 Å². The molecule has 15 heavy (non-hydrogen) atoms. The predicted octanol–water partition coefficient (Wildman–Crippen LogP) is 3.16. The molecule has 0 aromatic carbocycles. The first-order valence-electron chi connectivity index (χ1n) is 4.55. The van der Waals surface area contributed by atoms with Crippen molar-refractivity contribution in [2.45, 2.75) is 11.2 Å². The van der Waals surface area contributed by atoms with Crippen LogP contribution in [0.4, 0.5) is 0 Å². The number of thiophene rings is 1. The molecule has 1 atom stereocenters. The van der Waals surface area contributed by atoms with E-state index in [-0.39, 0.29) is 4.83 Å². The maximum atomic E-state index is 5.28. The topological polar surface area (TPSA) is 37.9 Å². The SMILES string of the molecule is COc1ccsc1C(Br)Cc1ncc[nH]1. The van der Waals surface area contributed by atoms with Gasteiger partial charge in [-0.25, -0.2) is 4.98 Å². The second-order valence-corrected chi connectivity index (χ2v) is 5.11. The first-order valence-corrected chi connectivity index (χ1v) is 6.34. The van der Waals surface area contributed by atoms with Crippen LogP contribution in [-0.4, -0.2) is 17.1 Å². The van der Waals surface area contributed by atoms with E-state index in [0.29, 0.717) is 0 Å². The van der Waals surface area contributed by atoms with Gasteiger partial charge in [0.2, 0.25) is 0 Å². The summed E-state index contributed by atoms with van der Waals surface area (Å²) in [5.41, 5.74) is 0. The smallest absolute Gasteiger partial charge is 0.133 e. The quantitative estimate of drug-likeness (QED) is 0.877. The second-order valence-electron chi connectivity index (χ2n) is 3.06. The fourth-order valence-corrected chi connectivity index (χ4v) is 3.07. The molecule has 2 aromatic rings. The van der Waals surface area contributed by atoms with Crippen LogP contribution in [0.2, 0.25) is 0 Å². The third kappa shape index (κ3) is 2.41. The highest BCUT2D eigenvalue weighted by molar-refractivity contribution is 9.09. The molecule has 0 aliphatic heterocycles. The van der Waals surface area contributed by atoms with Crippen LogP contribution in [0.1, 0.15) is 15.5 Å². The molecule has 1 N–H and O–H groups in total. The lowest BCUT2D eigenvalue weighted by Gasteiger charge is -2.08. The first kappa shape index (κ1) is 10.7. The molecule has 0 spiro atoms. The largest absolute Gasteiger partial charge is 0.496 e. The summed E-state index contributed by atoms with van der Waals surface area (Å²) in [7, 11) is 1.69. The Labute approximate surface area is 101 Å². The lowest BCUT2D eigenvalue weighted by molar-refractivity contribution is 0.412. The van der Waals surface area contributed by atoms with Crippen molar-refractivity contribution < 1.29 is 4.74 Å². The van der Waals surface area contributed by atoms with Gasteiger partial charge < -0.3 is 9.72 Å². The van der Waals surface area contributed by atoms with Crippen molar-refractivity contribution in [3.8, 4) is 5.75 Å². The van der Waals surface area contributed by atoms with Gasteiger partial charge in [-0.2, -0.15) is 0 Å². The maximum Gasteiger partial charge on any atom is 0.133 e. The van der Waals surface area contributed by atoms with Crippen LogP contribution in [0.5, 0.6) is 5.75 Å². The van der Waals surface area contributed by atoms with Gasteiger partial charge >= 0.3 is 0 Å². The summed E-state index contributed by atoms with van der Waals surface area (Å²) in [6, 6.07) is 1.98. The van der Waals surface area contributed by atoms with Gasteiger partial charge in [0.25, 0.3) is 0 Å². The average Bonchev–Trinajstić information content (AvgIpc) is 2.86. The summed E-state index contributed by atoms with van der Waals surface area (Å²) in [6.45, 7) is 0. The Bertz CT molecular complexity index is 413. The zero-order valence-electron chi connectivity index (χ0n) is 8.24. The van der Waals surface area contributed by atoms with E-state index in [2.05, 4.69) is 25.9 Å². The summed E-state index contributed by atoms with van der Waals surface area (Å²) in [5.74, 6) is 1.92. The Kier molecular flexibility index (Phi) is 3.43. The van der Waals surface area contributed by atoms with E-state index in [1.807, 2.05) is 17.6 Å². The number of imidazole rings is 1. The molecule has 0 amide bonds. The summed E-state index contributed by atoms with van der Waals surface area (Å²) in [6.07, 6.45) is 4.44. The van der Waals surface area contributed by atoms with Gasteiger partial charge in [-0.15, -0.1) is 11.3 Å². The number of aromatic nitrogens is 2. The Balaban J connectivity index is 2.11. The van der Waals surface area contributed by atoms with Gasteiger partial charge in [-0.3, -0.25) is 0 Å². The molecular formula is C10H11BrN2OS. The molecule has 0 saturated carbocycles. The highest BCUT2D eigenvalue weighted by Gasteiger charge is 2.15. The predicted molar refractivity (Wildman–Crippen MR) is 64.8 cm³/mol. The summed E-state index contributed by atoms with van der Waals surface area (Å²) in [5, 5.41) is 2.03. The molecular weight excluding hydrogens is 276 g/mol. The van der Waals surface area contributed by atoms with Crippen LogP contribution in [-0.2, 0) is 6.42 Å². The summed E-state index contributed by atoms with van der Waals surface area (Å²) < 4.78 is 5.28. The number of halogens is 1. The fraction of sp³-hybridized carbons (Fsp3) is 0.300. The second kappa shape index (κ2) is 4.81. The molecule has 1 unspecified atom stereocenters. The Morgan fingerprint density at radius 2 is 2.53 bits per heavy atom. The van der Waals surface area contributed by atoms with Crippen molar-refractivity contribution in [3.63, 3.8) is 0 Å². The molecule has 3 nitrogen and oxygen atoms in total. The van der Waals surface area contributed by atoms with Crippen LogP contribution in [0.15, 0.2) is 23.8 Å². The van der Waals surface area contributed by atoms with Crippen LogP contribution in [0, 0.1) is 0 Å².